The van der Waals surface area contributed by atoms with Crippen LogP contribution in [-0.2, 0) is 14.8 Å². The summed E-state index contributed by atoms with van der Waals surface area (Å²) >= 11 is 5.77. The van der Waals surface area contributed by atoms with E-state index in [1.807, 2.05) is 13.8 Å². The maximum Gasteiger partial charge on any atom is 0.312 e. The van der Waals surface area contributed by atoms with Gasteiger partial charge in [-0.05, 0) is 49.2 Å². The number of hydrogen-bond acceptors (Lipinski definition) is 6. The second-order valence-electron chi connectivity index (χ2n) is 7.19. The van der Waals surface area contributed by atoms with Crippen molar-refractivity contribution in [3.8, 4) is 5.75 Å². The highest BCUT2D eigenvalue weighted by molar-refractivity contribution is 7.89. The van der Waals surface area contributed by atoms with Gasteiger partial charge in [-0.25, -0.2) is 8.42 Å². The molecule has 2 aromatic carbocycles. The van der Waals surface area contributed by atoms with Crippen molar-refractivity contribution < 1.29 is 22.9 Å². The first-order chi connectivity index (χ1) is 14.6. The molecule has 0 aromatic heterocycles. The van der Waals surface area contributed by atoms with Crippen molar-refractivity contribution >= 4 is 33.2 Å². The minimum absolute atomic E-state index is 0.0568. The van der Waals surface area contributed by atoms with E-state index in [0.29, 0.717) is 0 Å². The minimum atomic E-state index is -3.65. The first kappa shape index (κ1) is 23.0. The molecular formula is C20H22ClN3O6S. The average Bonchev–Trinajstić information content (AvgIpc) is 2.74. The number of nitrogens with zero attached hydrogens (tertiary/aromatic N) is 3. The number of nitro groups is 1. The number of sulfonamides is 1. The Bertz CT molecular complexity index is 1110. The van der Waals surface area contributed by atoms with Gasteiger partial charge in [0.05, 0.1) is 9.82 Å². The van der Waals surface area contributed by atoms with Gasteiger partial charge >= 0.3 is 5.69 Å². The fraction of sp³-hybridized carbons (Fsp3) is 0.350. The zero-order valence-electron chi connectivity index (χ0n) is 17.1. The van der Waals surface area contributed by atoms with E-state index >= 15 is 0 Å². The number of piperazine rings is 1. The summed E-state index contributed by atoms with van der Waals surface area (Å²) in [6, 6.07) is 8.93. The second-order valence-corrected chi connectivity index (χ2v) is 9.56. The van der Waals surface area contributed by atoms with Crippen molar-refractivity contribution in [2.75, 3.05) is 32.8 Å². The Hall–Kier alpha value is -2.69. The number of carbonyl (C=O) groups is 1. The van der Waals surface area contributed by atoms with Gasteiger partial charge in [-0.1, -0.05) is 17.7 Å². The van der Waals surface area contributed by atoms with Gasteiger partial charge in [-0.2, -0.15) is 4.31 Å². The molecule has 1 fully saturated rings. The lowest BCUT2D eigenvalue weighted by Crippen LogP contribution is -2.51. The maximum absolute atomic E-state index is 12.9. The molecule has 2 aromatic rings. The molecule has 0 unspecified atom stereocenters. The predicted octanol–water partition coefficient (Wildman–Crippen LogP) is 2.78. The molecular weight excluding hydrogens is 446 g/mol. The van der Waals surface area contributed by atoms with Crippen molar-refractivity contribution in [3.05, 3.63) is 62.7 Å². The first-order valence-corrected chi connectivity index (χ1v) is 11.3. The van der Waals surface area contributed by atoms with Gasteiger partial charge in [-0.15, -0.1) is 0 Å². The number of benzene rings is 2. The molecule has 0 radical (unpaired) electrons. The second kappa shape index (κ2) is 9.21. The molecule has 31 heavy (non-hydrogen) atoms. The normalized spacial score (nSPS) is 15.0. The van der Waals surface area contributed by atoms with E-state index in [4.69, 9.17) is 16.3 Å². The van der Waals surface area contributed by atoms with E-state index in [2.05, 4.69) is 0 Å². The Morgan fingerprint density at radius 1 is 1.10 bits per heavy atom. The molecule has 0 saturated carbocycles. The van der Waals surface area contributed by atoms with Crippen LogP contribution in [0.1, 0.15) is 11.1 Å². The number of aryl methyl sites for hydroxylation is 2. The third-order valence-corrected chi connectivity index (χ3v) is 7.31. The average molecular weight is 468 g/mol. The van der Waals surface area contributed by atoms with Crippen LogP contribution in [0.25, 0.3) is 0 Å². The number of amides is 1. The molecule has 9 nitrogen and oxygen atoms in total. The molecule has 1 heterocycles. The highest BCUT2D eigenvalue weighted by Gasteiger charge is 2.30. The van der Waals surface area contributed by atoms with Crippen LogP contribution in [-0.4, -0.2) is 61.2 Å². The number of rotatable bonds is 6. The lowest BCUT2D eigenvalue weighted by Gasteiger charge is -2.34. The summed E-state index contributed by atoms with van der Waals surface area (Å²) in [7, 11) is -3.65. The van der Waals surface area contributed by atoms with Crippen molar-refractivity contribution in [2.24, 2.45) is 0 Å². The number of nitro benzene ring substituents is 1. The number of ether oxygens (including phenoxy) is 1. The summed E-state index contributed by atoms with van der Waals surface area (Å²) in [6.07, 6.45) is 0. The predicted molar refractivity (Wildman–Crippen MR) is 115 cm³/mol. The van der Waals surface area contributed by atoms with Gasteiger partial charge in [0.15, 0.2) is 12.4 Å². The molecule has 1 aliphatic heterocycles. The van der Waals surface area contributed by atoms with Gasteiger partial charge in [-0.3, -0.25) is 14.9 Å². The van der Waals surface area contributed by atoms with Gasteiger partial charge in [0.2, 0.25) is 10.0 Å². The van der Waals surface area contributed by atoms with E-state index < -0.39 is 21.6 Å². The minimum Gasteiger partial charge on any atom is -0.477 e. The lowest BCUT2D eigenvalue weighted by molar-refractivity contribution is -0.385. The fourth-order valence-corrected chi connectivity index (χ4v) is 4.86. The van der Waals surface area contributed by atoms with Crippen molar-refractivity contribution in [3.63, 3.8) is 0 Å². The van der Waals surface area contributed by atoms with Crippen LogP contribution in [0, 0.1) is 24.0 Å². The van der Waals surface area contributed by atoms with Crippen molar-refractivity contribution in [1.29, 1.82) is 0 Å². The molecule has 3 rings (SSSR count). The summed E-state index contributed by atoms with van der Waals surface area (Å²) in [5.74, 6) is -0.439. The summed E-state index contributed by atoms with van der Waals surface area (Å²) < 4.78 is 32.5. The number of halogens is 1. The molecule has 0 aliphatic carbocycles. The largest absolute Gasteiger partial charge is 0.477 e. The molecule has 0 spiro atoms. The van der Waals surface area contributed by atoms with Crippen LogP contribution in [0.4, 0.5) is 5.69 Å². The summed E-state index contributed by atoms with van der Waals surface area (Å²) in [5, 5.41) is 11.3. The van der Waals surface area contributed by atoms with Crippen LogP contribution >= 0.6 is 11.6 Å². The van der Waals surface area contributed by atoms with Gasteiger partial charge in [0, 0.05) is 37.3 Å². The fourth-order valence-electron chi connectivity index (χ4n) is 3.19. The molecule has 1 aliphatic rings. The molecule has 11 heteroatoms. The molecule has 0 bridgehead atoms. The third kappa shape index (κ3) is 5.15. The number of carbonyl (C=O) groups excluding carboxylic acids is 1. The Morgan fingerprint density at radius 2 is 1.77 bits per heavy atom. The van der Waals surface area contributed by atoms with E-state index in [0.717, 1.165) is 17.2 Å². The number of hydrogen-bond donors (Lipinski definition) is 0. The highest BCUT2D eigenvalue weighted by Crippen LogP contribution is 2.30. The van der Waals surface area contributed by atoms with Crippen LogP contribution in [0.2, 0.25) is 5.02 Å². The summed E-state index contributed by atoms with van der Waals surface area (Å²) in [6.45, 7) is 4.09. The SMILES string of the molecule is Cc1ccc(S(=O)(=O)N2CCN(C(=O)COc3ccc(Cl)cc3[N+](=O)[O-])CC2)cc1C. The van der Waals surface area contributed by atoms with Crippen molar-refractivity contribution in [2.45, 2.75) is 18.7 Å². The third-order valence-electron chi connectivity index (χ3n) is 5.18. The van der Waals surface area contributed by atoms with E-state index in [1.54, 1.807) is 18.2 Å². The van der Waals surface area contributed by atoms with Crippen LogP contribution < -0.4 is 4.74 Å². The highest BCUT2D eigenvalue weighted by atomic mass is 35.5. The zero-order valence-corrected chi connectivity index (χ0v) is 18.6. The van der Waals surface area contributed by atoms with Crippen LogP contribution in [0.15, 0.2) is 41.3 Å². The first-order valence-electron chi connectivity index (χ1n) is 9.51. The summed E-state index contributed by atoms with van der Waals surface area (Å²) in [4.78, 5) is 24.7. The van der Waals surface area contributed by atoms with Crippen molar-refractivity contribution in [1.82, 2.24) is 9.21 Å². The Labute approximate surface area is 185 Å². The monoisotopic (exact) mass is 467 g/mol. The molecule has 1 amide bonds. The summed E-state index contributed by atoms with van der Waals surface area (Å²) in [5.41, 5.74) is 1.57. The Morgan fingerprint density at radius 3 is 2.39 bits per heavy atom. The van der Waals surface area contributed by atoms with E-state index in [1.165, 1.54) is 21.3 Å². The van der Waals surface area contributed by atoms with Crippen LogP contribution in [0.5, 0.6) is 5.75 Å². The van der Waals surface area contributed by atoms with Crippen LogP contribution in [0.3, 0.4) is 0 Å². The smallest absolute Gasteiger partial charge is 0.312 e. The van der Waals surface area contributed by atoms with E-state index in [9.17, 15) is 23.3 Å². The van der Waals surface area contributed by atoms with Gasteiger partial charge in [0.25, 0.3) is 5.91 Å². The van der Waals surface area contributed by atoms with Gasteiger partial charge in [0.1, 0.15) is 0 Å². The molecule has 166 valence electrons. The van der Waals surface area contributed by atoms with Gasteiger partial charge < -0.3 is 9.64 Å². The lowest BCUT2D eigenvalue weighted by atomic mass is 10.1. The zero-order chi connectivity index (χ0) is 22.8. The topological polar surface area (TPSA) is 110 Å². The molecule has 1 saturated heterocycles. The Kier molecular flexibility index (Phi) is 6.83. The molecule has 0 atom stereocenters. The molecule has 0 N–H and O–H groups in total. The standard InChI is InChI=1S/C20H22ClN3O6S/c1-14-3-5-17(11-15(14)2)31(28,29)23-9-7-22(8-10-23)20(25)13-30-19-6-4-16(21)12-18(19)24(26)27/h3-6,11-12H,7-10,13H2,1-2H3. The quantitative estimate of drug-likeness (QED) is 0.477. The van der Waals surface area contributed by atoms with E-state index in [-0.39, 0.29) is 53.4 Å². The maximum atomic E-state index is 12.9. The Balaban J connectivity index is 1.60.